The van der Waals surface area contributed by atoms with Gasteiger partial charge in [-0.15, -0.1) is 0 Å². The van der Waals surface area contributed by atoms with Crippen LogP contribution in [0.2, 0.25) is 5.02 Å². The molecule has 0 spiro atoms. The summed E-state index contributed by atoms with van der Waals surface area (Å²) in [5.74, 6) is 0.664. The zero-order valence-corrected chi connectivity index (χ0v) is 13.9. The topological polar surface area (TPSA) is 34.1 Å². The number of hydrogen-bond acceptors (Lipinski definition) is 3. The lowest BCUT2D eigenvalue weighted by Crippen LogP contribution is -2.46. The minimum absolute atomic E-state index is 0.268. The molecule has 0 radical (unpaired) electrons. The van der Waals surface area contributed by atoms with Crippen LogP contribution in [0, 0.1) is 5.92 Å². The van der Waals surface area contributed by atoms with Gasteiger partial charge in [0.25, 0.3) is 0 Å². The molecule has 1 fully saturated rings. The highest BCUT2D eigenvalue weighted by molar-refractivity contribution is 6.31. The molecule has 1 aromatic rings. The number of hydrogen-bond donors (Lipinski definition) is 1. The van der Waals surface area contributed by atoms with Crippen LogP contribution >= 0.6 is 11.6 Å². The van der Waals surface area contributed by atoms with Gasteiger partial charge in [0.1, 0.15) is 0 Å². The van der Waals surface area contributed by atoms with Crippen LogP contribution in [0.15, 0.2) is 18.5 Å². The summed E-state index contributed by atoms with van der Waals surface area (Å²) in [6.45, 7) is 2.85. The average Bonchev–Trinajstić information content (AvgIpc) is 2.53. The van der Waals surface area contributed by atoms with Crippen LogP contribution in [-0.4, -0.2) is 30.8 Å². The minimum atomic E-state index is 0.268. The third-order valence-corrected chi connectivity index (χ3v) is 4.88. The van der Waals surface area contributed by atoms with Gasteiger partial charge in [-0.2, -0.15) is 0 Å². The summed E-state index contributed by atoms with van der Waals surface area (Å²) in [5.41, 5.74) is 1.14. The molecule has 118 valence electrons. The zero-order valence-electron chi connectivity index (χ0n) is 13.1. The van der Waals surface area contributed by atoms with E-state index < -0.39 is 0 Å². The van der Waals surface area contributed by atoms with Gasteiger partial charge in [-0.05, 0) is 50.8 Å². The molecule has 0 amide bonds. The second-order valence-corrected chi connectivity index (χ2v) is 6.29. The van der Waals surface area contributed by atoms with E-state index in [-0.39, 0.29) is 6.10 Å². The Balaban J connectivity index is 2.09. The Morgan fingerprint density at radius 1 is 1.38 bits per heavy atom. The van der Waals surface area contributed by atoms with Gasteiger partial charge in [0.2, 0.25) is 0 Å². The Bertz CT molecular complexity index is 421. The van der Waals surface area contributed by atoms with Gasteiger partial charge < -0.3 is 10.1 Å². The van der Waals surface area contributed by atoms with E-state index in [1.165, 1.54) is 32.1 Å². The van der Waals surface area contributed by atoms with Crippen molar-refractivity contribution in [2.75, 3.05) is 13.7 Å². The highest BCUT2D eigenvalue weighted by Gasteiger charge is 2.30. The number of halogens is 1. The molecule has 21 heavy (non-hydrogen) atoms. The number of rotatable bonds is 7. The molecule has 1 aliphatic rings. The minimum Gasteiger partial charge on any atom is -0.377 e. The molecule has 1 aromatic heterocycles. The predicted octanol–water partition coefficient (Wildman–Crippen LogP) is 3.85. The quantitative estimate of drug-likeness (QED) is 0.830. The van der Waals surface area contributed by atoms with Crippen molar-refractivity contribution in [1.29, 1.82) is 0 Å². The average molecular weight is 311 g/mol. The summed E-state index contributed by atoms with van der Waals surface area (Å²) in [6.07, 6.45) is 11.3. The molecule has 0 bridgehead atoms. The van der Waals surface area contributed by atoms with Gasteiger partial charge in [-0.3, -0.25) is 4.98 Å². The van der Waals surface area contributed by atoms with Crippen molar-refractivity contribution in [1.82, 2.24) is 10.3 Å². The maximum Gasteiger partial charge on any atom is 0.0759 e. The van der Waals surface area contributed by atoms with Crippen LogP contribution in [-0.2, 0) is 11.2 Å². The number of nitrogens with zero attached hydrogens (tertiary/aromatic N) is 1. The lowest BCUT2D eigenvalue weighted by atomic mass is 9.81. The first-order chi connectivity index (χ1) is 10.3. The molecular formula is C17H27ClN2O. The van der Waals surface area contributed by atoms with Crippen molar-refractivity contribution in [3.63, 3.8) is 0 Å². The molecule has 3 nitrogen and oxygen atoms in total. The van der Waals surface area contributed by atoms with E-state index in [1.54, 1.807) is 6.20 Å². The van der Waals surface area contributed by atoms with Gasteiger partial charge in [0.05, 0.1) is 11.1 Å². The molecule has 0 saturated heterocycles. The summed E-state index contributed by atoms with van der Waals surface area (Å²) in [5, 5.41) is 4.20. The number of pyridine rings is 1. The highest BCUT2D eigenvalue weighted by Crippen LogP contribution is 2.31. The Morgan fingerprint density at radius 3 is 2.76 bits per heavy atom. The predicted molar refractivity (Wildman–Crippen MR) is 87.8 cm³/mol. The first-order valence-corrected chi connectivity index (χ1v) is 8.51. The van der Waals surface area contributed by atoms with Crippen LogP contribution < -0.4 is 5.32 Å². The van der Waals surface area contributed by atoms with Gasteiger partial charge in [-0.1, -0.05) is 30.9 Å². The van der Waals surface area contributed by atoms with E-state index in [9.17, 15) is 0 Å². The fraction of sp³-hybridized carbons (Fsp3) is 0.706. The SMILES string of the molecule is CCOC(C1CCCCC1)C(Cc1ccncc1Cl)NC. The van der Waals surface area contributed by atoms with Crippen molar-refractivity contribution < 1.29 is 4.74 Å². The van der Waals surface area contributed by atoms with E-state index in [4.69, 9.17) is 16.3 Å². The second-order valence-electron chi connectivity index (χ2n) is 5.88. The first-order valence-electron chi connectivity index (χ1n) is 8.13. The first kappa shape index (κ1) is 16.7. The van der Waals surface area contributed by atoms with E-state index in [1.807, 2.05) is 19.3 Å². The molecule has 2 unspecified atom stereocenters. The van der Waals surface area contributed by atoms with Gasteiger partial charge in [0.15, 0.2) is 0 Å². The zero-order chi connectivity index (χ0) is 15.1. The molecule has 2 rings (SSSR count). The largest absolute Gasteiger partial charge is 0.377 e. The standard InChI is InChI=1S/C17H27ClN2O/c1-3-21-17(13-7-5-4-6-8-13)16(19-2)11-14-9-10-20-12-15(14)18/h9-10,12-13,16-17,19H,3-8,11H2,1-2H3. The number of ether oxygens (including phenoxy) is 1. The Labute approximate surface area is 133 Å². The monoisotopic (exact) mass is 310 g/mol. The lowest BCUT2D eigenvalue weighted by Gasteiger charge is -2.35. The fourth-order valence-corrected chi connectivity index (χ4v) is 3.62. The van der Waals surface area contributed by atoms with Crippen molar-refractivity contribution in [2.45, 2.75) is 57.6 Å². The molecule has 1 heterocycles. The van der Waals surface area contributed by atoms with Crippen LogP contribution in [0.4, 0.5) is 0 Å². The number of likely N-dealkylation sites (N-methyl/N-ethyl adjacent to an activating group) is 1. The van der Waals surface area contributed by atoms with E-state index >= 15 is 0 Å². The van der Waals surface area contributed by atoms with Crippen molar-refractivity contribution >= 4 is 11.6 Å². The maximum atomic E-state index is 6.26. The maximum absolute atomic E-state index is 6.26. The number of aromatic nitrogens is 1. The molecule has 1 saturated carbocycles. The molecule has 0 aromatic carbocycles. The summed E-state index contributed by atoms with van der Waals surface area (Å²) in [4.78, 5) is 4.07. The normalized spacial score (nSPS) is 19.4. The third kappa shape index (κ3) is 4.67. The molecule has 1 aliphatic carbocycles. The van der Waals surface area contributed by atoms with Crippen molar-refractivity contribution in [3.05, 3.63) is 29.0 Å². The molecule has 4 heteroatoms. The lowest BCUT2D eigenvalue weighted by molar-refractivity contribution is -0.0159. The van der Waals surface area contributed by atoms with Crippen LogP contribution in [0.1, 0.15) is 44.6 Å². The van der Waals surface area contributed by atoms with Crippen molar-refractivity contribution in [2.24, 2.45) is 5.92 Å². The fourth-order valence-electron chi connectivity index (χ4n) is 3.42. The molecule has 1 N–H and O–H groups in total. The van der Waals surface area contributed by atoms with Gasteiger partial charge in [-0.25, -0.2) is 0 Å². The Kier molecular flexibility index (Phi) is 6.94. The molecular weight excluding hydrogens is 284 g/mol. The van der Waals surface area contributed by atoms with Crippen LogP contribution in [0.3, 0.4) is 0 Å². The van der Waals surface area contributed by atoms with Crippen molar-refractivity contribution in [3.8, 4) is 0 Å². The van der Waals surface area contributed by atoms with E-state index in [0.717, 1.165) is 23.6 Å². The van der Waals surface area contributed by atoms with Crippen LogP contribution in [0.5, 0.6) is 0 Å². The summed E-state index contributed by atoms with van der Waals surface area (Å²) in [6, 6.07) is 2.31. The molecule has 2 atom stereocenters. The third-order valence-electron chi connectivity index (χ3n) is 4.54. The van der Waals surface area contributed by atoms with Gasteiger partial charge >= 0.3 is 0 Å². The van der Waals surface area contributed by atoms with Gasteiger partial charge in [0, 0.05) is 25.0 Å². The van der Waals surface area contributed by atoms with E-state index in [0.29, 0.717) is 12.0 Å². The van der Waals surface area contributed by atoms with Crippen LogP contribution in [0.25, 0.3) is 0 Å². The summed E-state index contributed by atoms with van der Waals surface area (Å²) in [7, 11) is 2.02. The summed E-state index contributed by atoms with van der Waals surface area (Å²) >= 11 is 6.26. The van der Waals surface area contributed by atoms with E-state index in [2.05, 4.69) is 17.2 Å². The summed E-state index contributed by atoms with van der Waals surface area (Å²) < 4.78 is 6.13. The smallest absolute Gasteiger partial charge is 0.0759 e. The Morgan fingerprint density at radius 2 is 2.14 bits per heavy atom. The molecule has 0 aliphatic heterocycles. The highest BCUT2D eigenvalue weighted by atomic mass is 35.5. The Hall–Kier alpha value is -0.640. The second kappa shape index (κ2) is 8.72. The number of nitrogens with one attached hydrogen (secondary N) is 1.